The van der Waals surface area contributed by atoms with Crippen LogP contribution in [0.1, 0.15) is 25.0 Å². The maximum Gasteiger partial charge on any atom is 0.277 e. The van der Waals surface area contributed by atoms with E-state index >= 15 is 0 Å². The molecule has 74 valence electrons. The summed E-state index contributed by atoms with van der Waals surface area (Å²) in [6, 6.07) is 5.28. The molecule has 0 amide bonds. The number of rotatable bonds is 2. The van der Waals surface area contributed by atoms with Crippen LogP contribution in [0, 0.1) is 17.0 Å². The van der Waals surface area contributed by atoms with Crippen LogP contribution in [0.4, 0.5) is 5.69 Å². The van der Waals surface area contributed by atoms with Gasteiger partial charge in [0.05, 0.1) is 10.5 Å². The molecular weight excluding hydrogens is 178 g/mol. The Morgan fingerprint density at radius 1 is 1.50 bits per heavy atom. The van der Waals surface area contributed by atoms with E-state index in [4.69, 9.17) is 0 Å². The minimum atomic E-state index is -0.338. The zero-order valence-electron chi connectivity index (χ0n) is 8.57. The predicted octanol–water partition coefficient (Wildman–Crippen LogP) is 3.33. The Morgan fingerprint density at radius 3 is 2.64 bits per heavy atom. The number of nitro groups is 1. The van der Waals surface area contributed by atoms with Crippen LogP contribution in [0.25, 0.3) is 5.57 Å². The van der Waals surface area contributed by atoms with E-state index < -0.39 is 0 Å². The molecule has 1 rings (SSSR count). The van der Waals surface area contributed by atoms with Crippen LogP contribution >= 0.6 is 0 Å². The van der Waals surface area contributed by atoms with Crippen LogP contribution in [-0.4, -0.2) is 4.92 Å². The van der Waals surface area contributed by atoms with Gasteiger partial charge in [0.1, 0.15) is 0 Å². The van der Waals surface area contributed by atoms with Crippen molar-refractivity contribution in [3.8, 4) is 0 Å². The molecule has 0 aliphatic heterocycles. The maximum absolute atomic E-state index is 10.8. The molecule has 0 spiro atoms. The SMILES string of the molecule is C/C=C(\C)c1ccc(C)cc1[N+](=O)[O-]. The van der Waals surface area contributed by atoms with Gasteiger partial charge in [-0.1, -0.05) is 12.1 Å². The summed E-state index contributed by atoms with van der Waals surface area (Å²) in [5.74, 6) is 0. The van der Waals surface area contributed by atoms with Gasteiger partial charge in [-0.2, -0.15) is 0 Å². The lowest BCUT2D eigenvalue weighted by molar-refractivity contribution is -0.385. The summed E-state index contributed by atoms with van der Waals surface area (Å²) >= 11 is 0. The van der Waals surface area contributed by atoms with Crippen LogP contribution in [0.3, 0.4) is 0 Å². The second-order valence-electron chi connectivity index (χ2n) is 3.25. The Labute approximate surface area is 83.2 Å². The van der Waals surface area contributed by atoms with Gasteiger partial charge in [0.2, 0.25) is 0 Å². The largest absolute Gasteiger partial charge is 0.277 e. The number of hydrogen-bond acceptors (Lipinski definition) is 2. The van der Waals surface area contributed by atoms with E-state index in [0.29, 0.717) is 5.56 Å². The molecule has 0 aromatic heterocycles. The predicted molar refractivity (Wildman–Crippen MR) is 57.2 cm³/mol. The Kier molecular flexibility index (Phi) is 3.02. The Bertz CT molecular complexity index is 394. The molecule has 0 heterocycles. The molecule has 0 aliphatic carbocycles. The molecule has 0 atom stereocenters. The number of allylic oxidation sites excluding steroid dienone is 2. The van der Waals surface area contributed by atoms with E-state index in [1.165, 1.54) is 0 Å². The molecule has 1 aromatic rings. The van der Waals surface area contributed by atoms with Gasteiger partial charge >= 0.3 is 0 Å². The zero-order chi connectivity index (χ0) is 10.7. The van der Waals surface area contributed by atoms with Gasteiger partial charge in [0.15, 0.2) is 0 Å². The molecule has 1 aromatic carbocycles. The molecule has 0 N–H and O–H groups in total. The van der Waals surface area contributed by atoms with Gasteiger partial charge in [-0.25, -0.2) is 0 Å². The number of benzene rings is 1. The van der Waals surface area contributed by atoms with Crippen molar-refractivity contribution >= 4 is 11.3 Å². The van der Waals surface area contributed by atoms with E-state index in [1.807, 2.05) is 32.9 Å². The highest BCUT2D eigenvalue weighted by Gasteiger charge is 2.13. The van der Waals surface area contributed by atoms with Crippen LogP contribution in [-0.2, 0) is 0 Å². The normalized spacial score (nSPS) is 11.5. The molecule has 0 unspecified atom stereocenters. The molecule has 0 saturated heterocycles. The van der Waals surface area contributed by atoms with Gasteiger partial charge in [0.25, 0.3) is 5.69 Å². The first-order valence-corrected chi connectivity index (χ1v) is 4.44. The van der Waals surface area contributed by atoms with Crippen molar-refractivity contribution in [2.75, 3.05) is 0 Å². The first-order chi connectivity index (χ1) is 6.56. The average Bonchev–Trinajstić information content (AvgIpc) is 2.16. The van der Waals surface area contributed by atoms with E-state index in [-0.39, 0.29) is 10.6 Å². The van der Waals surface area contributed by atoms with Gasteiger partial charge in [-0.15, -0.1) is 0 Å². The third-order valence-electron chi connectivity index (χ3n) is 2.21. The second kappa shape index (κ2) is 4.05. The molecule has 3 heteroatoms. The summed E-state index contributed by atoms with van der Waals surface area (Å²) < 4.78 is 0. The Morgan fingerprint density at radius 2 is 2.14 bits per heavy atom. The zero-order valence-corrected chi connectivity index (χ0v) is 8.57. The number of nitrogens with zero attached hydrogens (tertiary/aromatic N) is 1. The monoisotopic (exact) mass is 191 g/mol. The summed E-state index contributed by atoms with van der Waals surface area (Å²) in [4.78, 5) is 10.4. The van der Waals surface area contributed by atoms with Crippen LogP contribution in [0.5, 0.6) is 0 Å². The first kappa shape index (κ1) is 10.4. The lowest BCUT2D eigenvalue weighted by Crippen LogP contribution is -1.94. The summed E-state index contributed by atoms with van der Waals surface area (Å²) in [5, 5.41) is 10.8. The third-order valence-corrected chi connectivity index (χ3v) is 2.21. The maximum atomic E-state index is 10.8. The number of hydrogen-bond donors (Lipinski definition) is 0. The molecule has 0 saturated carbocycles. The highest BCUT2D eigenvalue weighted by molar-refractivity contribution is 5.71. The summed E-state index contributed by atoms with van der Waals surface area (Å²) in [6.07, 6.45) is 1.87. The molecule has 0 radical (unpaired) electrons. The fourth-order valence-electron chi connectivity index (χ4n) is 1.28. The van der Waals surface area contributed by atoms with Crippen molar-refractivity contribution in [2.45, 2.75) is 20.8 Å². The van der Waals surface area contributed by atoms with Gasteiger partial charge in [0, 0.05) is 6.07 Å². The summed E-state index contributed by atoms with van der Waals surface area (Å²) in [5.41, 5.74) is 2.71. The summed E-state index contributed by atoms with van der Waals surface area (Å²) in [6.45, 7) is 5.60. The fraction of sp³-hybridized carbons (Fsp3) is 0.273. The topological polar surface area (TPSA) is 43.1 Å². The van der Waals surface area contributed by atoms with Crippen molar-refractivity contribution < 1.29 is 4.92 Å². The fourth-order valence-corrected chi connectivity index (χ4v) is 1.28. The molecule has 0 fully saturated rings. The van der Waals surface area contributed by atoms with E-state index in [1.54, 1.807) is 12.1 Å². The molecule has 0 bridgehead atoms. The standard InChI is InChI=1S/C11H13NO2/c1-4-9(3)10-6-5-8(2)7-11(10)12(13)14/h4-7H,1-3H3/b9-4+. The second-order valence-corrected chi connectivity index (χ2v) is 3.25. The minimum Gasteiger partial charge on any atom is -0.258 e. The van der Waals surface area contributed by atoms with Crippen LogP contribution in [0.15, 0.2) is 24.3 Å². The average molecular weight is 191 g/mol. The number of aryl methyl sites for hydroxylation is 1. The first-order valence-electron chi connectivity index (χ1n) is 4.44. The highest BCUT2D eigenvalue weighted by atomic mass is 16.6. The third kappa shape index (κ3) is 1.99. The molecule has 0 aliphatic rings. The molecule has 14 heavy (non-hydrogen) atoms. The van der Waals surface area contributed by atoms with Gasteiger partial charge < -0.3 is 0 Å². The van der Waals surface area contributed by atoms with Crippen molar-refractivity contribution in [3.63, 3.8) is 0 Å². The van der Waals surface area contributed by atoms with Gasteiger partial charge in [-0.05, 0) is 38.0 Å². The van der Waals surface area contributed by atoms with Crippen LogP contribution < -0.4 is 0 Å². The smallest absolute Gasteiger partial charge is 0.258 e. The number of nitro benzene ring substituents is 1. The van der Waals surface area contributed by atoms with E-state index in [9.17, 15) is 10.1 Å². The van der Waals surface area contributed by atoms with Gasteiger partial charge in [-0.3, -0.25) is 10.1 Å². The lowest BCUT2D eigenvalue weighted by Gasteiger charge is -2.03. The lowest BCUT2D eigenvalue weighted by atomic mass is 10.0. The molecule has 3 nitrogen and oxygen atoms in total. The minimum absolute atomic E-state index is 0.181. The van der Waals surface area contributed by atoms with Crippen molar-refractivity contribution in [1.29, 1.82) is 0 Å². The highest BCUT2D eigenvalue weighted by Crippen LogP contribution is 2.26. The Hall–Kier alpha value is -1.64. The quantitative estimate of drug-likeness (QED) is 0.531. The van der Waals surface area contributed by atoms with Crippen LogP contribution in [0.2, 0.25) is 0 Å². The van der Waals surface area contributed by atoms with E-state index in [0.717, 1.165) is 11.1 Å². The molecular formula is C11H13NO2. The van der Waals surface area contributed by atoms with Crippen molar-refractivity contribution in [3.05, 3.63) is 45.5 Å². The van der Waals surface area contributed by atoms with E-state index in [2.05, 4.69) is 0 Å². The Balaban J connectivity index is 3.36. The summed E-state index contributed by atoms with van der Waals surface area (Å²) in [7, 11) is 0. The van der Waals surface area contributed by atoms with Crippen molar-refractivity contribution in [2.24, 2.45) is 0 Å². The van der Waals surface area contributed by atoms with Crippen molar-refractivity contribution in [1.82, 2.24) is 0 Å².